The average Bonchev–Trinajstić information content (AvgIpc) is 2.90. The van der Waals surface area contributed by atoms with Crippen molar-refractivity contribution in [2.45, 2.75) is 18.3 Å². The summed E-state index contributed by atoms with van der Waals surface area (Å²) in [6.45, 7) is 0.660. The van der Waals surface area contributed by atoms with Crippen LogP contribution in [0.1, 0.15) is 18.4 Å². The van der Waals surface area contributed by atoms with Gasteiger partial charge in [-0.1, -0.05) is 23.2 Å². The van der Waals surface area contributed by atoms with Crippen molar-refractivity contribution in [3.05, 3.63) is 33.8 Å². The smallest absolute Gasteiger partial charge is 0.0445 e. The van der Waals surface area contributed by atoms with Gasteiger partial charge < -0.3 is 5.73 Å². The molecule has 1 aliphatic rings. The number of rotatable bonds is 2. The van der Waals surface area contributed by atoms with Gasteiger partial charge in [-0.05, 0) is 36.6 Å². The maximum Gasteiger partial charge on any atom is 0.0445 e. The molecule has 0 radical (unpaired) electrons. The Balaban J connectivity index is 0.000000980. The third kappa shape index (κ3) is 2.01. The topological polar surface area (TPSA) is 26.0 Å². The molecule has 0 atom stereocenters. The summed E-state index contributed by atoms with van der Waals surface area (Å²) in [6.07, 6.45) is 2.26. The van der Waals surface area contributed by atoms with Gasteiger partial charge in [-0.2, -0.15) is 0 Å². The Morgan fingerprint density at radius 2 is 1.93 bits per heavy atom. The summed E-state index contributed by atoms with van der Waals surface area (Å²) in [4.78, 5) is 0. The molecule has 4 heteroatoms. The number of hydrogen-bond acceptors (Lipinski definition) is 1. The molecular formula is C10H12Cl3N. The van der Waals surface area contributed by atoms with Crippen molar-refractivity contribution in [3.63, 3.8) is 0 Å². The van der Waals surface area contributed by atoms with Crippen LogP contribution in [-0.2, 0) is 5.41 Å². The third-order valence-corrected chi connectivity index (χ3v) is 3.31. The van der Waals surface area contributed by atoms with Crippen LogP contribution in [0, 0.1) is 0 Å². The normalized spacial score (nSPS) is 17.4. The molecule has 0 aromatic heterocycles. The van der Waals surface area contributed by atoms with E-state index in [0.717, 1.165) is 28.5 Å². The molecule has 0 bridgehead atoms. The maximum absolute atomic E-state index is 6.09. The molecular weight excluding hydrogens is 240 g/mol. The monoisotopic (exact) mass is 251 g/mol. The van der Waals surface area contributed by atoms with Crippen LogP contribution in [0.5, 0.6) is 0 Å². The van der Waals surface area contributed by atoms with E-state index in [1.54, 1.807) is 6.07 Å². The van der Waals surface area contributed by atoms with Crippen molar-refractivity contribution in [1.29, 1.82) is 0 Å². The van der Waals surface area contributed by atoms with Crippen molar-refractivity contribution in [2.24, 2.45) is 5.73 Å². The molecule has 78 valence electrons. The average molecular weight is 253 g/mol. The van der Waals surface area contributed by atoms with Gasteiger partial charge in [-0.25, -0.2) is 0 Å². The van der Waals surface area contributed by atoms with Gasteiger partial charge >= 0.3 is 0 Å². The predicted octanol–water partition coefficient (Wildman–Crippen LogP) is 3.41. The summed E-state index contributed by atoms with van der Waals surface area (Å²) >= 11 is 12.0. The molecule has 0 spiro atoms. The molecule has 1 saturated carbocycles. The highest BCUT2D eigenvalue weighted by Crippen LogP contribution is 2.50. The zero-order valence-electron chi connectivity index (χ0n) is 7.59. The lowest BCUT2D eigenvalue weighted by molar-refractivity contribution is 0.705. The third-order valence-electron chi connectivity index (χ3n) is 2.74. The quantitative estimate of drug-likeness (QED) is 0.858. The standard InChI is InChI=1S/C10H11Cl2N.ClH/c11-7-1-2-9(12)8(5-7)10(6-13)3-4-10;/h1-2,5H,3-4,6,13H2;1H. The van der Waals surface area contributed by atoms with Crippen LogP contribution >= 0.6 is 35.6 Å². The molecule has 0 heterocycles. The summed E-state index contributed by atoms with van der Waals surface area (Å²) in [6, 6.07) is 5.58. The van der Waals surface area contributed by atoms with E-state index in [1.807, 2.05) is 12.1 Å². The second-order valence-corrected chi connectivity index (χ2v) is 4.45. The second-order valence-electron chi connectivity index (χ2n) is 3.61. The highest BCUT2D eigenvalue weighted by atomic mass is 35.5. The minimum absolute atomic E-state index is 0. The van der Waals surface area contributed by atoms with Crippen molar-refractivity contribution in [2.75, 3.05) is 6.54 Å². The van der Waals surface area contributed by atoms with E-state index >= 15 is 0 Å². The number of nitrogens with two attached hydrogens (primary N) is 1. The van der Waals surface area contributed by atoms with E-state index in [4.69, 9.17) is 28.9 Å². The van der Waals surface area contributed by atoms with Gasteiger partial charge in [-0.15, -0.1) is 12.4 Å². The van der Waals surface area contributed by atoms with Gasteiger partial charge in [0.2, 0.25) is 0 Å². The van der Waals surface area contributed by atoms with Crippen molar-refractivity contribution in [1.82, 2.24) is 0 Å². The Morgan fingerprint density at radius 1 is 1.29 bits per heavy atom. The molecule has 14 heavy (non-hydrogen) atoms. The summed E-state index contributed by atoms with van der Waals surface area (Å²) < 4.78 is 0. The van der Waals surface area contributed by atoms with Gasteiger partial charge in [0.25, 0.3) is 0 Å². The van der Waals surface area contributed by atoms with Gasteiger partial charge in [0.15, 0.2) is 0 Å². The Morgan fingerprint density at radius 3 is 2.43 bits per heavy atom. The second kappa shape index (κ2) is 4.28. The SMILES string of the molecule is Cl.NCC1(c2cc(Cl)ccc2Cl)CC1. The van der Waals surface area contributed by atoms with Crippen molar-refractivity contribution >= 4 is 35.6 Å². The van der Waals surface area contributed by atoms with Crippen LogP contribution in [0.4, 0.5) is 0 Å². The first-order valence-electron chi connectivity index (χ1n) is 4.33. The van der Waals surface area contributed by atoms with Crippen LogP contribution in [0.25, 0.3) is 0 Å². The van der Waals surface area contributed by atoms with Crippen LogP contribution in [0.15, 0.2) is 18.2 Å². The maximum atomic E-state index is 6.09. The van der Waals surface area contributed by atoms with E-state index in [1.165, 1.54) is 0 Å². The van der Waals surface area contributed by atoms with Crippen LogP contribution < -0.4 is 5.73 Å². The molecule has 1 aromatic carbocycles. The lowest BCUT2D eigenvalue weighted by Gasteiger charge is -2.14. The zero-order chi connectivity index (χ0) is 9.47. The fourth-order valence-corrected chi connectivity index (χ4v) is 2.13. The summed E-state index contributed by atoms with van der Waals surface area (Å²) in [5.41, 5.74) is 6.96. The lowest BCUT2D eigenvalue weighted by Crippen LogP contribution is -2.20. The minimum Gasteiger partial charge on any atom is -0.330 e. The fourth-order valence-electron chi connectivity index (χ4n) is 1.64. The zero-order valence-corrected chi connectivity index (χ0v) is 9.92. The molecule has 0 unspecified atom stereocenters. The lowest BCUT2D eigenvalue weighted by atomic mass is 9.96. The van der Waals surface area contributed by atoms with Gasteiger partial charge in [-0.3, -0.25) is 0 Å². The summed E-state index contributed by atoms with van der Waals surface area (Å²) in [5, 5.41) is 1.52. The highest BCUT2D eigenvalue weighted by molar-refractivity contribution is 6.33. The molecule has 0 amide bonds. The number of halogens is 3. The largest absolute Gasteiger partial charge is 0.330 e. The Labute approximate surface area is 100.0 Å². The Bertz CT molecular complexity index is 334. The first-order valence-corrected chi connectivity index (χ1v) is 5.09. The van der Waals surface area contributed by atoms with Crippen LogP contribution in [0.2, 0.25) is 10.0 Å². The first-order chi connectivity index (χ1) is 6.18. The van der Waals surface area contributed by atoms with E-state index < -0.39 is 0 Å². The molecule has 1 fully saturated rings. The summed E-state index contributed by atoms with van der Waals surface area (Å²) in [5.74, 6) is 0. The molecule has 1 aliphatic carbocycles. The van der Waals surface area contributed by atoms with Gasteiger partial charge in [0.1, 0.15) is 0 Å². The molecule has 2 rings (SSSR count). The van der Waals surface area contributed by atoms with Crippen molar-refractivity contribution < 1.29 is 0 Å². The highest BCUT2D eigenvalue weighted by Gasteiger charge is 2.44. The molecule has 0 aliphatic heterocycles. The number of benzene rings is 1. The van der Waals surface area contributed by atoms with Gasteiger partial charge in [0, 0.05) is 22.0 Å². The van der Waals surface area contributed by atoms with E-state index in [2.05, 4.69) is 0 Å². The predicted molar refractivity (Wildman–Crippen MR) is 63.7 cm³/mol. The molecule has 2 N–H and O–H groups in total. The van der Waals surface area contributed by atoms with Crippen LogP contribution in [-0.4, -0.2) is 6.54 Å². The summed E-state index contributed by atoms with van der Waals surface area (Å²) in [7, 11) is 0. The van der Waals surface area contributed by atoms with Crippen molar-refractivity contribution in [3.8, 4) is 0 Å². The molecule has 1 nitrogen and oxygen atoms in total. The Kier molecular flexibility index (Phi) is 3.70. The minimum atomic E-state index is 0. The molecule has 1 aromatic rings. The fraction of sp³-hybridized carbons (Fsp3) is 0.400. The van der Waals surface area contributed by atoms with E-state index in [0.29, 0.717) is 6.54 Å². The number of hydrogen-bond donors (Lipinski definition) is 1. The Hall–Kier alpha value is 0.0500. The molecule has 0 saturated heterocycles. The van der Waals surface area contributed by atoms with Gasteiger partial charge in [0.05, 0.1) is 0 Å². The van der Waals surface area contributed by atoms with E-state index in [9.17, 15) is 0 Å². The first kappa shape index (κ1) is 12.1. The van der Waals surface area contributed by atoms with E-state index in [-0.39, 0.29) is 17.8 Å². The van der Waals surface area contributed by atoms with Crippen LogP contribution in [0.3, 0.4) is 0 Å².